The Hall–Kier alpha value is -1.65. The molecule has 1 aromatic heterocycles. The Balaban J connectivity index is 2.38. The molecule has 0 saturated carbocycles. The molecular formula is C11H12F3NO6. The highest BCUT2D eigenvalue weighted by atomic mass is 19.4. The van der Waals surface area contributed by atoms with Gasteiger partial charge in [-0.1, -0.05) is 12.1 Å². The van der Waals surface area contributed by atoms with Gasteiger partial charge in [0.05, 0.1) is 12.3 Å². The number of hydrogen-bond acceptors (Lipinski definition) is 7. The molecule has 2 rings (SSSR count). The van der Waals surface area contributed by atoms with E-state index in [0.29, 0.717) is 12.1 Å². The van der Waals surface area contributed by atoms with E-state index >= 15 is 0 Å². The summed E-state index contributed by atoms with van der Waals surface area (Å²) in [4.78, 5) is 11.0. The number of aliphatic hydroxyl groups is 2. The molecule has 10 heteroatoms. The predicted molar refractivity (Wildman–Crippen MR) is 57.7 cm³/mol. The van der Waals surface area contributed by atoms with Crippen LogP contribution in [0.15, 0.2) is 10.6 Å². The van der Waals surface area contributed by atoms with Crippen LogP contribution in [0, 0.1) is 0 Å². The van der Waals surface area contributed by atoms with Crippen molar-refractivity contribution in [1.82, 2.24) is 5.16 Å². The molecule has 3 atom stereocenters. The molecule has 2 heterocycles. The summed E-state index contributed by atoms with van der Waals surface area (Å²) in [6.45, 7) is 1.17. The molecule has 0 aromatic carbocycles. The normalized spacial score (nSPS) is 29.6. The number of aliphatic hydroxyl groups excluding tert-OH is 2. The molecular weight excluding hydrogens is 299 g/mol. The van der Waals surface area contributed by atoms with Gasteiger partial charge in [0, 0.05) is 6.07 Å². The minimum atomic E-state index is -5.29. The second-order valence-electron chi connectivity index (χ2n) is 4.41. The molecule has 118 valence electrons. The molecule has 1 aromatic rings. The second kappa shape index (κ2) is 5.28. The Kier molecular flexibility index (Phi) is 3.95. The van der Waals surface area contributed by atoms with Crippen LogP contribution in [-0.4, -0.2) is 46.3 Å². The zero-order valence-electron chi connectivity index (χ0n) is 10.8. The Labute approximate surface area is 116 Å². The fraction of sp³-hybridized carbons (Fsp3) is 0.636. The van der Waals surface area contributed by atoms with Gasteiger partial charge in [-0.05, 0) is 6.42 Å². The molecule has 1 aliphatic rings. The van der Waals surface area contributed by atoms with Crippen molar-refractivity contribution < 1.29 is 42.2 Å². The number of aromatic nitrogens is 1. The van der Waals surface area contributed by atoms with Crippen molar-refractivity contribution in [3.8, 4) is 0 Å². The molecule has 7 nitrogen and oxygen atoms in total. The van der Waals surface area contributed by atoms with Gasteiger partial charge >= 0.3 is 17.9 Å². The summed E-state index contributed by atoms with van der Waals surface area (Å²) in [6.07, 6.45) is -8.38. The minimum absolute atomic E-state index is 0.352. The highest BCUT2D eigenvalue weighted by Gasteiger charge is 2.59. The summed E-state index contributed by atoms with van der Waals surface area (Å²) in [7, 11) is 0. The summed E-state index contributed by atoms with van der Waals surface area (Å²) in [6, 6.07) is 1.19. The summed E-state index contributed by atoms with van der Waals surface area (Å²) in [5.74, 6) is -5.59. The number of rotatable bonds is 3. The summed E-state index contributed by atoms with van der Waals surface area (Å²) >= 11 is 0. The number of hydrogen-bond donors (Lipinski definition) is 2. The third-order valence-corrected chi connectivity index (χ3v) is 2.96. The fourth-order valence-corrected chi connectivity index (χ4v) is 1.83. The first-order valence-electron chi connectivity index (χ1n) is 5.97. The first-order valence-corrected chi connectivity index (χ1v) is 5.97. The number of esters is 1. The second-order valence-corrected chi connectivity index (χ2v) is 4.41. The van der Waals surface area contributed by atoms with E-state index in [-0.39, 0.29) is 0 Å². The average molecular weight is 311 g/mol. The smallest absolute Gasteiger partial charge is 0.415 e. The van der Waals surface area contributed by atoms with Crippen molar-refractivity contribution in [3.05, 3.63) is 17.5 Å². The molecule has 1 saturated heterocycles. The third-order valence-electron chi connectivity index (χ3n) is 2.96. The van der Waals surface area contributed by atoms with Gasteiger partial charge in [0.25, 0.3) is 0 Å². The number of halogens is 3. The zero-order chi connectivity index (χ0) is 15.8. The molecule has 0 aliphatic carbocycles. The van der Waals surface area contributed by atoms with Crippen molar-refractivity contribution in [2.45, 2.75) is 37.5 Å². The molecule has 0 spiro atoms. The summed E-state index contributed by atoms with van der Waals surface area (Å²) < 4.78 is 51.0. The van der Waals surface area contributed by atoms with E-state index < -0.39 is 42.5 Å². The van der Waals surface area contributed by atoms with Gasteiger partial charge in [0.1, 0.15) is 6.10 Å². The standard InChI is InChI=1S/C11H12F3NO6/c1-2-5-3-7(21-15-5)10(8(17)6(16)4-19-10)20-9(18)11(12,13)14/h3,6,8,16-17H,2,4H2,1H3. The predicted octanol–water partition coefficient (Wildman–Crippen LogP) is 0.247. The largest absolute Gasteiger partial charge is 0.491 e. The van der Waals surface area contributed by atoms with Crippen LogP contribution >= 0.6 is 0 Å². The summed E-state index contributed by atoms with van der Waals surface area (Å²) in [5.41, 5.74) is 0.352. The van der Waals surface area contributed by atoms with Crippen LogP contribution in [0.4, 0.5) is 13.2 Å². The van der Waals surface area contributed by atoms with E-state index in [1.165, 1.54) is 6.07 Å². The lowest BCUT2D eigenvalue weighted by atomic mass is 10.0. The van der Waals surface area contributed by atoms with Crippen molar-refractivity contribution in [2.24, 2.45) is 0 Å². The van der Waals surface area contributed by atoms with Crippen LogP contribution in [0.5, 0.6) is 0 Å². The lowest BCUT2D eigenvalue weighted by Crippen LogP contribution is -2.46. The van der Waals surface area contributed by atoms with Gasteiger partial charge in [-0.2, -0.15) is 13.2 Å². The Morgan fingerprint density at radius 2 is 2.24 bits per heavy atom. The van der Waals surface area contributed by atoms with E-state index in [1.807, 2.05) is 0 Å². The molecule has 2 N–H and O–H groups in total. The summed E-state index contributed by atoms with van der Waals surface area (Å²) in [5, 5.41) is 22.8. The first kappa shape index (κ1) is 15.7. The molecule has 0 amide bonds. The van der Waals surface area contributed by atoms with Crippen LogP contribution < -0.4 is 0 Å². The Bertz CT molecular complexity index is 530. The molecule has 1 fully saturated rings. The monoisotopic (exact) mass is 311 g/mol. The van der Waals surface area contributed by atoms with Gasteiger partial charge in [-0.15, -0.1) is 0 Å². The van der Waals surface area contributed by atoms with E-state index in [0.717, 1.165) is 0 Å². The topological polar surface area (TPSA) is 102 Å². The lowest BCUT2D eigenvalue weighted by molar-refractivity contribution is -0.281. The van der Waals surface area contributed by atoms with Crippen molar-refractivity contribution in [1.29, 1.82) is 0 Å². The minimum Gasteiger partial charge on any atom is -0.415 e. The first-order chi connectivity index (χ1) is 9.70. The molecule has 0 radical (unpaired) electrons. The molecule has 21 heavy (non-hydrogen) atoms. The lowest BCUT2D eigenvalue weighted by Gasteiger charge is -2.28. The van der Waals surface area contributed by atoms with Gasteiger partial charge in [0.2, 0.25) is 5.76 Å². The molecule has 0 bridgehead atoms. The Morgan fingerprint density at radius 3 is 2.67 bits per heavy atom. The highest BCUT2D eigenvalue weighted by Crippen LogP contribution is 2.40. The number of aryl methyl sites for hydroxylation is 1. The van der Waals surface area contributed by atoms with Crippen LogP contribution in [0.25, 0.3) is 0 Å². The van der Waals surface area contributed by atoms with E-state index in [1.54, 1.807) is 6.92 Å². The van der Waals surface area contributed by atoms with Crippen molar-refractivity contribution >= 4 is 5.97 Å². The van der Waals surface area contributed by atoms with Crippen LogP contribution in [0.1, 0.15) is 18.4 Å². The van der Waals surface area contributed by atoms with Crippen LogP contribution in [0.3, 0.4) is 0 Å². The van der Waals surface area contributed by atoms with E-state index in [2.05, 4.69) is 9.89 Å². The average Bonchev–Trinajstić information content (AvgIpc) is 2.99. The molecule has 3 unspecified atom stereocenters. The van der Waals surface area contributed by atoms with Crippen molar-refractivity contribution in [3.63, 3.8) is 0 Å². The van der Waals surface area contributed by atoms with Crippen LogP contribution in [0.2, 0.25) is 0 Å². The van der Waals surface area contributed by atoms with Gasteiger partial charge in [0.15, 0.2) is 6.10 Å². The van der Waals surface area contributed by atoms with Gasteiger partial charge in [-0.3, -0.25) is 0 Å². The SMILES string of the molecule is CCc1cc(C2(OC(=O)C(F)(F)F)OCC(O)C2O)on1. The maximum absolute atomic E-state index is 12.4. The van der Waals surface area contributed by atoms with Crippen LogP contribution in [-0.2, 0) is 26.5 Å². The number of carbonyl (C=O) groups is 1. The van der Waals surface area contributed by atoms with E-state index in [4.69, 9.17) is 9.26 Å². The Morgan fingerprint density at radius 1 is 1.57 bits per heavy atom. The van der Waals surface area contributed by atoms with Crippen molar-refractivity contribution in [2.75, 3.05) is 6.61 Å². The number of ether oxygens (including phenoxy) is 2. The van der Waals surface area contributed by atoms with Gasteiger partial charge in [-0.25, -0.2) is 4.79 Å². The number of alkyl halides is 3. The molecule has 1 aliphatic heterocycles. The van der Waals surface area contributed by atoms with E-state index in [9.17, 15) is 28.2 Å². The third kappa shape index (κ3) is 2.74. The number of carbonyl (C=O) groups excluding carboxylic acids is 1. The maximum atomic E-state index is 12.4. The zero-order valence-corrected chi connectivity index (χ0v) is 10.8. The number of nitrogens with zero attached hydrogens (tertiary/aromatic N) is 1. The fourth-order valence-electron chi connectivity index (χ4n) is 1.83. The quantitative estimate of drug-likeness (QED) is 0.771. The maximum Gasteiger partial charge on any atom is 0.491 e. The van der Waals surface area contributed by atoms with Gasteiger partial charge < -0.3 is 24.2 Å². The highest BCUT2D eigenvalue weighted by molar-refractivity contribution is 5.76.